The molecule has 3 rings (SSSR count). The molecule has 4 nitrogen and oxygen atoms in total. The molecule has 1 aliphatic rings. The van der Waals surface area contributed by atoms with E-state index in [0.717, 1.165) is 30.4 Å². The molecule has 1 aliphatic heterocycles. The van der Waals surface area contributed by atoms with E-state index in [2.05, 4.69) is 17.9 Å². The van der Waals surface area contributed by atoms with Crippen LogP contribution in [0.15, 0.2) is 54.1 Å². The number of likely N-dealkylation sites (tertiary alicyclic amines) is 1. The largest absolute Gasteiger partial charge is 0.478 e. The third-order valence-electron chi connectivity index (χ3n) is 5.05. The van der Waals surface area contributed by atoms with Crippen LogP contribution in [0.4, 0.5) is 0 Å². The maximum absolute atomic E-state index is 12.0. The zero-order valence-corrected chi connectivity index (χ0v) is 14.9. The van der Waals surface area contributed by atoms with Gasteiger partial charge in [-0.15, -0.1) is 0 Å². The highest BCUT2D eigenvalue weighted by molar-refractivity contribution is 5.84. The van der Waals surface area contributed by atoms with Crippen LogP contribution >= 0.6 is 0 Å². The molecular weight excluding hydrogens is 314 g/mol. The molecule has 0 amide bonds. The van der Waals surface area contributed by atoms with Crippen molar-refractivity contribution < 1.29 is 14.6 Å². The molecule has 4 heteroatoms. The molecule has 0 aliphatic carbocycles. The quantitative estimate of drug-likeness (QED) is 0.833. The van der Waals surface area contributed by atoms with E-state index in [1.54, 1.807) is 0 Å². The number of nitrogens with zero attached hydrogens (tertiary/aromatic N) is 1. The minimum atomic E-state index is -1.14. The molecule has 0 atom stereocenters. The molecule has 0 bridgehead atoms. The maximum Gasteiger partial charge on any atom is 0.348 e. The SMILES string of the molecule is CC=C(C)CN1CCC(Oc2ccc3ccccc3c2)(C(=O)O)CC1. The van der Waals surface area contributed by atoms with Crippen molar-refractivity contribution in [3.05, 3.63) is 54.1 Å². The van der Waals surface area contributed by atoms with Crippen LogP contribution in [0.3, 0.4) is 0 Å². The molecule has 0 saturated carbocycles. The Kier molecular flexibility index (Phi) is 5.09. The number of hydrogen-bond donors (Lipinski definition) is 1. The number of piperidine rings is 1. The Morgan fingerprint density at radius 1 is 1.20 bits per heavy atom. The molecule has 0 aromatic heterocycles. The van der Waals surface area contributed by atoms with E-state index in [4.69, 9.17) is 4.74 Å². The molecule has 2 aromatic carbocycles. The minimum absolute atomic E-state index is 0.492. The molecule has 132 valence electrons. The van der Waals surface area contributed by atoms with Crippen LogP contribution in [0, 0.1) is 0 Å². The van der Waals surface area contributed by atoms with Gasteiger partial charge in [0.1, 0.15) is 5.75 Å². The van der Waals surface area contributed by atoms with Gasteiger partial charge in [0.25, 0.3) is 0 Å². The summed E-state index contributed by atoms with van der Waals surface area (Å²) in [6.45, 7) is 6.48. The Labute approximate surface area is 148 Å². The average Bonchev–Trinajstić information content (AvgIpc) is 2.63. The molecule has 0 radical (unpaired) electrons. The van der Waals surface area contributed by atoms with Gasteiger partial charge in [0.15, 0.2) is 0 Å². The van der Waals surface area contributed by atoms with Crippen molar-refractivity contribution in [3.8, 4) is 5.75 Å². The Morgan fingerprint density at radius 3 is 2.52 bits per heavy atom. The zero-order valence-electron chi connectivity index (χ0n) is 14.9. The van der Waals surface area contributed by atoms with Crippen LogP contribution in [0.1, 0.15) is 26.7 Å². The van der Waals surface area contributed by atoms with E-state index in [-0.39, 0.29) is 0 Å². The van der Waals surface area contributed by atoms with E-state index in [1.807, 2.05) is 49.4 Å². The molecule has 2 aromatic rings. The summed E-state index contributed by atoms with van der Waals surface area (Å²) in [5, 5.41) is 12.0. The van der Waals surface area contributed by atoms with Crippen LogP contribution in [0.25, 0.3) is 10.8 Å². The van der Waals surface area contributed by atoms with Gasteiger partial charge in [0, 0.05) is 32.5 Å². The highest BCUT2D eigenvalue weighted by Crippen LogP contribution is 2.31. The second-order valence-electron chi connectivity index (χ2n) is 6.82. The highest BCUT2D eigenvalue weighted by Gasteiger charge is 2.44. The normalized spacial score (nSPS) is 18.2. The second-order valence-corrected chi connectivity index (χ2v) is 6.82. The molecule has 1 heterocycles. The number of fused-ring (bicyclic) bond motifs is 1. The maximum atomic E-state index is 12.0. The van der Waals surface area contributed by atoms with Gasteiger partial charge in [-0.3, -0.25) is 4.90 Å². The van der Waals surface area contributed by atoms with Crippen LogP contribution in [-0.4, -0.2) is 41.2 Å². The van der Waals surface area contributed by atoms with E-state index < -0.39 is 11.6 Å². The van der Waals surface area contributed by atoms with Crippen molar-refractivity contribution >= 4 is 16.7 Å². The summed E-state index contributed by atoms with van der Waals surface area (Å²) in [5.74, 6) is -0.248. The predicted molar refractivity (Wildman–Crippen MR) is 100 cm³/mol. The summed E-state index contributed by atoms with van der Waals surface area (Å²) >= 11 is 0. The number of carboxylic acid groups (broad SMARTS) is 1. The van der Waals surface area contributed by atoms with Crippen LogP contribution < -0.4 is 4.74 Å². The monoisotopic (exact) mass is 339 g/mol. The standard InChI is InChI=1S/C21H25NO3/c1-3-16(2)15-22-12-10-21(11-13-22,20(23)24)25-19-9-8-17-6-4-5-7-18(17)14-19/h3-9,14H,10-13,15H2,1-2H3,(H,23,24). The molecule has 0 spiro atoms. The minimum Gasteiger partial charge on any atom is -0.478 e. The lowest BCUT2D eigenvalue weighted by molar-refractivity contribution is -0.159. The van der Waals surface area contributed by atoms with Gasteiger partial charge >= 0.3 is 5.97 Å². The second kappa shape index (κ2) is 7.28. The van der Waals surface area contributed by atoms with Gasteiger partial charge in [0.2, 0.25) is 5.60 Å². The van der Waals surface area contributed by atoms with Crippen molar-refractivity contribution in [1.82, 2.24) is 4.90 Å². The lowest BCUT2D eigenvalue weighted by Crippen LogP contribution is -2.53. The van der Waals surface area contributed by atoms with Gasteiger partial charge in [0.05, 0.1) is 0 Å². The Bertz CT molecular complexity index is 789. The number of ether oxygens (including phenoxy) is 1. The van der Waals surface area contributed by atoms with E-state index in [1.165, 1.54) is 5.57 Å². The third-order valence-corrected chi connectivity index (χ3v) is 5.05. The van der Waals surface area contributed by atoms with Crippen LogP contribution in [0.2, 0.25) is 0 Å². The fourth-order valence-corrected chi connectivity index (χ4v) is 3.33. The number of hydrogen-bond acceptors (Lipinski definition) is 3. The first-order valence-corrected chi connectivity index (χ1v) is 8.78. The van der Waals surface area contributed by atoms with Crippen molar-refractivity contribution in [2.24, 2.45) is 0 Å². The fraction of sp³-hybridized carbons (Fsp3) is 0.381. The fourth-order valence-electron chi connectivity index (χ4n) is 3.33. The van der Waals surface area contributed by atoms with Crippen molar-refractivity contribution in [1.29, 1.82) is 0 Å². The Balaban J connectivity index is 1.76. The van der Waals surface area contributed by atoms with Gasteiger partial charge < -0.3 is 9.84 Å². The number of benzene rings is 2. The van der Waals surface area contributed by atoms with Gasteiger partial charge in [-0.1, -0.05) is 42.0 Å². The molecule has 0 unspecified atom stereocenters. The third kappa shape index (κ3) is 3.85. The van der Waals surface area contributed by atoms with E-state index >= 15 is 0 Å². The van der Waals surface area contributed by atoms with Crippen LogP contribution in [-0.2, 0) is 4.79 Å². The van der Waals surface area contributed by atoms with Gasteiger partial charge in [-0.05, 0) is 36.8 Å². The lowest BCUT2D eigenvalue weighted by Gasteiger charge is -2.39. The van der Waals surface area contributed by atoms with E-state index in [9.17, 15) is 9.90 Å². The molecular formula is C21H25NO3. The number of carbonyl (C=O) groups is 1. The summed E-state index contributed by atoms with van der Waals surface area (Å²) in [5.41, 5.74) is 0.168. The smallest absolute Gasteiger partial charge is 0.348 e. The molecule has 1 saturated heterocycles. The van der Waals surface area contributed by atoms with Crippen molar-refractivity contribution in [2.75, 3.05) is 19.6 Å². The van der Waals surface area contributed by atoms with Gasteiger partial charge in [-0.2, -0.15) is 0 Å². The number of aliphatic carboxylic acids is 1. The Morgan fingerprint density at radius 2 is 1.88 bits per heavy atom. The first-order chi connectivity index (χ1) is 12.0. The average molecular weight is 339 g/mol. The molecule has 1 fully saturated rings. The first kappa shape index (κ1) is 17.5. The number of carboxylic acids is 1. The van der Waals surface area contributed by atoms with Crippen molar-refractivity contribution in [2.45, 2.75) is 32.3 Å². The van der Waals surface area contributed by atoms with Crippen molar-refractivity contribution in [3.63, 3.8) is 0 Å². The molecule has 1 N–H and O–H groups in total. The first-order valence-electron chi connectivity index (χ1n) is 8.78. The highest BCUT2D eigenvalue weighted by atomic mass is 16.5. The summed E-state index contributed by atoms with van der Waals surface area (Å²) in [7, 11) is 0. The summed E-state index contributed by atoms with van der Waals surface area (Å²) < 4.78 is 6.05. The summed E-state index contributed by atoms with van der Waals surface area (Å²) in [4.78, 5) is 14.3. The van der Waals surface area contributed by atoms with Gasteiger partial charge in [-0.25, -0.2) is 4.79 Å². The number of rotatable bonds is 5. The number of allylic oxidation sites excluding steroid dienone is 1. The topological polar surface area (TPSA) is 49.8 Å². The summed E-state index contributed by atoms with van der Waals surface area (Å²) in [6, 6.07) is 13.8. The van der Waals surface area contributed by atoms with E-state index in [0.29, 0.717) is 18.6 Å². The lowest BCUT2D eigenvalue weighted by atomic mass is 9.90. The molecule has 25 heavy (non-hydrogen) atoms. The predicted octanol–water partition coefficient (Wildman–Crippen LogP) is 4.10. The Hall–Kier alpha value is -2.33. The summed E-state index contributed by atoms with van der Waals surface area (Å²) in [6.07, 6.45) is 3.09. The van der Waals surface area contributed by atoms with Crippen LogP contribution in [0.5, 0.6) is 5.75 Å². The zero-order chi connectivity index (χ0) is 17.9.